The second-order valence-corrected chi connectivity index (χ2v) is 7.22. The SMILES string of the molecule is CCc1c(S)cc2c(NCc3cc(N)cc(C(F)F)c3)nc(C)nc2c1CC. The number of benzene rings is 2. The molecule has 3 aromatic rings. The zero-order valence-corrected chi connectivity index (χ0v) is 17.1. The lowest BCUT2D eigenvalue weighted by molar-refractivity contribution is 0.151. The van der Waals surface area contributed by atoms with E-state index in [2.05, 4.69) is 41.8 Å². The molecule has 0 atom stereocenters. The Bertz CT molecular complexity index is 1020. The van der Waals surface area contributed by atoms with E-state index in [0.717, 1.165) is 28.6 Å². The minimum atomic E-state index is -2.56. The highest BCUT2D eigenvalue weighted by atomic mass is 32.1. The largest absolute Gasteiger partial charge is 0.399 e. The van der Waals surface area contributed by atoms with Crippen molar-refractivity contribution in [3.63, 3.8) is 0 Å². The number of aryl methyl sites for hydroxylation is 2. The molecule has 1 aromatic heterocycles. The van der Waals surface area contributed by atoms with Crippen LogP contribution in [0.2, 0.25) is 0 Å². The summed E-state index contributed by atoms with van der Waals surface area (Å²) in [7, 11) is 0. The van der Waals surface area contributed by atoms with Crippen molar-refractivity contribution in [3.05, 3.63) is 52.3 Å². The maximum absolute atomic E-state index is 13.0. The Kier molecular flexibility index (Phi) is 6.03. The molecule has 28 heavy (non-hydrogen) atoms. The lowest BCUT2D eigenvalue weighted by atomic mass is 9.99. The third kappa shape index (κ3) is 4.04. The van der Waals surface area contributed by atoms with Gasteiger partial charge in [-0.05, 0) is 60.7 Å². The Morgan fingerprint density at radius 1 is 1.07 bits per heavy atom. The van der Waals surface area contributed by atoms with Crippen molar-refractivity contribution in [2.45, 2.75) is 51.5 Å². The van der Waals surface area contributed by atoms with Crippen molar-refractivity contribution in [3.8, 4) is 0 Å². The third-order valence-corrected chi connectivity index (χ3v) is 5.15. The lowest BCUT2D eigenvalue weighted by Crippen LogP contribution is -2.07. The summed E-state index contributed by atoms with van der Waals surface area (Å²) in [6.45, 7) is 6.38. The van der Waals surface area contributed by atoms with Crippen LogP contribution in [0.5, 0.6) is 0 Å². The number of alkyl halides is 2. The maximum atomic E-state index is 13.0. The number of fused-ring (bicyclic) bond motifs is 1. The van der Waals surface area contributed by atoms with Gasteiger partial charge in [0.1, 0.15) is 11.6 Å². The first-order valence-corrected chi connectivity index (χ1v) is 9.72. The van der Waals surface area contributed by atoms with Crippen LogP contribution in [0.15, 0.2) is 29.2 Å². The Morgan fingerprint density at radius 2 is 1.79 bits per heavy atom. The summed E-state index contributed by atoms with van der Waals surface area (Å²) >= 11 is 4.65. The number of aromatic nitrogens is 2. The van der Waals surface area contributed by atoms with Crippen molar-refractivity contribution in [2.75, 3.05) is 11.1 Å². The molecule has 0 unspecified atom stereocenters. The van der Waals surface area contributed by atoms with Gasteiger partial charge in [-0.25, -0.2) is 18.7 Å². The Hall–Kier alpha value is -2.41. The zero-order valence-electron chi connectivity index (χ0n) is 16.2. The molecule has 0 bridgehead atoms. The number of nitrogen functional groups attached to an aromatic ring is 1. The highest BCUT2D eigenvalue weighted by Crippen LogP contribution is 2.32. The smallest absolute Gasteiger partial charge is 0.263 e. The third-order valence-electron chi connectivity index (χ3n) is 4.75. The average Bonchev–Trinajstić information content (AvgIpc) is 2.65. The number of nitrogens with zero attached hydrogens (tertiary/aromatic N) is 2. The standard InChI is InChI=1S/C21H24F2N4S/c1-4-15-16(5-2)19-17(9-18(15)28)21(27-11(3)26-19)25-10-12-6-13(20(22)23)8-14(24)7-12/h6-9,20,28H,4-5,10,24H2,1-3H3,(H,25,26,27). The quantitative estimate of drug-likeness (QED) is 0.377. The average molecular weight is 403 g/mol. The maximum Gasteiger partial charge on any atom is 0.263 e. The van der Waals surface area contributed by atoms with E-state index in [-0.39, 0.29) is 5.56 Å². The van der Waals surface area contributed by atoms with Crippen LogP contribution in [0.1, 0.15) is 48.4 Å². The second kappa shape index (κ2) is 8.31. The monoisotopic (exact) mass is 402 g/mol. The number of rotatable bonds is 6. The molecule has 0 aliphatic carbocycles. The summed E-state index contributed by atoms with van der Waals surface area (Å²) in [4.78, 5) is 10.1. The summed E-state index contributed by atoms with van der Waals surface area (Å²) in [5, 5.41) is 4.15. The van der Waals surface area contributed by atoms with Gasteiger partial charge < -0.3 is 11.1 Å². The topological polar surface area (TPSA) is 63.8 Å². The molecule has 0 aliphatic rings. The fraction of sp³-hybridized carbons (Fsp3) is 0.333. The van der Waals surface area contributed by atoms with Gasteiger partial charge >= 0.3 is 0 Å². The van der Waals surface area contributed by atoms with Gasteiger partial charge in [-0.1, -0.05) is 13.8 Å². The van der Waals surface area contributed by atoms with Crippen LogP contribution < -0.4 is 11.1 Å². The number of nitrogens with two attached hydrogens (primary N) is 1. The van der Waals surface area contributed by atoms with E-state index >= 15 is 0 Å². The molecule has 0 saturated carbocycles. The van der Waals surface area contributed by atoms with Crippen LogP contribution in [0.3, 0.4) is 0 Å². The molecule has 3 N–H and O–H groups in total. The predicted molar refractivity (Wildman–Crippen MR) is 113 cm³/mol. The van der Waals surface area contributed by atoms with Crippen molar-refractivity contribution < 1.29 is 8.78 Å². The normalized spacial score (nSPS) is 11.4. The highest BCUT2D eigenvalue weighted by Gasteiger charge is 2.15. The van der Waals surface area contributed by atoms with Crippen molar-refractivity contribution >= 4 is 35.0 Å². The van der Waals surface area contributed by atoms with E-state index in [1.807, 2.05) is 13.0 Å². The van der Waals surface area contributed by atoms with E-state index in [1.165, 1.54) is 23.3 Å². The molecule has 0 spiro atoms. The molecule has 2 aromatic carbocycles. The van der Waals surface area contributed by atoms with E-state index in [4.69, 9.17) is 5.73 Å². The first-order chi connectivity index (χ1) is 13.3. The van der Waals surface area contributed by atoms with Crippen LogP contribution in [0, 0.1) is 6.92 Å². The zero-order chi connectivity index (χ0) is 20.4. The van der Waals surface area contributed by atoms with Crippen LogP contribution in [-0.4, -0.2) is 9.97 Å². The summed E-state index contributed by atoms with van der Waals surface area (Å²) in [5.74, 6) is 1.32. The Labute approximate surface area is 169 Å². The van der Waals surface area contributed by atoms with E-state index in [0.29, 0.717) is 29.4 Å². The van der Waals surface area contributed by atoms with Gasteiger partial charge in [0, 0.05) is 28.1 Å². The van der Waals surface area contributed by atoms with Crippen LogP contribution >= 0.6 is 12.6 Å². The minimum absolute atomic E-state index is 0.0842. The van der Waals surface area contributed by atoms with Gasteiger partial charge in [-0.2, -0.15) is 0 Å². The number of anilines is 2. The summed E-state index contributed by atoms with van der Waals surface area (Å²) in [6, 6.07) is 6.42. The molecule has 0 saturated heterocycles. The predicted octanol–water partition coefficient (Wildman–Crippen LogP) is 5.48. The number of hydrogen-bond acceptors (Lipinski definition) is 5. The molecule has 148 valence electrons. The molecule has 0 aliphatic heterocycles. The van der Waals surface area contributed by atoms with E-state index < -0.39 is 6.43 Å². The molecule has 7 heteroatoms. The van der Waals surface area contributed by atoms with Crippen molar-refractivity contribution in [2.24, 2.45) is 0 Å². The molecule has 1 heterocycles. The molecular formula is C21H24F2N4S. The summed E-state index contributed by atoms with van der Waals surface area (Å²) in [5.41, 5.74) is 9.95. The minimum Gasteiger partial charge on any atom is -0.399 e. The molecule has 4 nitrogen and oxygen atoms in total. The number of nitrogens with one attached hydrogen (secondary N) is 1. The molecular weight excluding hydrogens is 378 g/mol. The van der Waals surface area contributed by atoms with Gasteiger partial charge in [0.15, 0.2) is 0 Å². The van der Waals surface area contributed by atoms with Crippen molar-refractivity contribution in [1.29, 1.82) is 0 Å². The van der Waals surface area contributed by atoms with Gasteiger partial charge in [0.2, 0.25) is 0 Å². The second-order valence-electron chi connectivity index (χ2n) is 6.74. The first kappa shape index (κ1) is 20.3. The van der Waals surface area contributed by atoms with Crippen LogP contribution in [0.4, 0.5) is 20.3 Å². The summed E-state index contributed by atoms with van der Waals surface area (Å²) < 4.78 is 26.1. The lowest BCUT2D eigenvalue weighted by Gasteiger charge is -2.16. The number of halogens is 2. The fourth-order valence-corrected chi connectivity index (χ4v) is 3.96. The van der Waals surface area contributed by atoms with Crippen molar-refractivity contribution in [1.82, 2.24) is 9.97 Å². The van der Waals surface area contributed by atoms with E-state index in [9.17, 15) is 8.78 Å². The fourth-order valence-electron chi connectivity index (χ4n) is 3.54. The highest BCUT2D eigenvalue weighted by molar-refractivity contribution is 7.80. The van der Waals surface area contributed by atoms with Crippen LogP contribution in [-0.2, 0) is 19.4 Å². The van der Waals surface area contributed by atoms with Gasteiger partial charge in [-0.3, -0.25) is 0 Å². The van der Waals surface area contributed by atoms with Crippen LogP contribution in [0.25, 0.3) is 10.9 Å². The Balaban J connectivity index is 2.03. The molecule has 3 rings (SSSR count). The van der Waals surface area contributed by atoms with Gasteiger partial charge in [0.05, 0.1) is 5.52 Å². The first-order valence-electron chi connectivity index (χ1n) is 9.27. The molecule has 0 fully saturated rings. The number of hydrogen-bond donors (Lipinski definition) is 3. The molecule has 0 radical (unpaired) electrons. The summed E-state index contributed by atoms with van der Waals surface area (Å²) in [6.07, 6.45) is -0.837. The van der Waals surface area contributed by atoms with Gasteiger partial charge in [0.25, 0.3) is 6.43 Å². The Morgan fingerprint density at radius 3 is 2.43 bits per heavy atom. The molecule has 0 amide bonds. The van der Waals surface area contributed by atoms with Gasteiger partial charge in [-0.15, -0.1) is 12.6 Å². The number of thiol groups is 1. The van der Waals surface area contributed by atoms with E-state index in [1.54, 1.807) is 6.07 Å².